The average Bonchev–Trinajstić information content (AvgIpc) is 3.61. The van der Waals surface area contributed by atoms with Gasteiger partial charge in [0, 0.05) is 48.7 Å². The molecule has 0 fully saturated rings. The van der Waals surface area contributed by atoms with Gasteiger partial charge < -0.3 is 9.80 Å². The lowest BCUT2D eigenvalue weighted by atomic mass is 9.36. The van der Waals surface area contributed by atoms with E-state index in [1.807, 2.05) is 11.3 Å². The van der Waals surface area contributed by atoms with Gasteiger partial charge in [-0.05, 0) is 97.5 Å². The van der Waals surface area contributed by atoms with E-state index >= 15 is 0 Å². The van der Waals surface area contributed by atoms with Gasteiger partial charge in [0.15, 0.2) is 0 Å². The van der Waals surface area contributed by atoms with Crippen LogP contribution in [0.3, 0.4) is 0 Å². The molecular weight excluding hydrogens is 744 g/mol. The molecule has 2 nitrogen and oxygen atoms in total. The third kappa shape index (κ3) is 6.22. The van der Waals surface area contributed by atoms with E-state index in [9.17, 15) is 0 Å². The number of nitrogens with zero attached hydrogens (tertiary/aromatic N) is 2. The summed E-state index contributed by atoms with van der Waals surface area (Å²) in [5.41, 5.74) is 19.0. The summed E-state index contributed by atoms with van der Waals surface area (Å²) < 4.78 is 2.73. The van der Waals surface area contributed by atoms with Gasteiger partial charge in [-0.15, -0.1) is 11.3 Å². The smallest absolute Gasteiger partial charge is 0.264 e. The second-order valence-corrected chi connectivity index (χ2v) is 20.9. The summed E-state index contributed by atoms with van der Waals surface area (Å²) in [6.07, 6.45) is 0. The van der Waals surface area contributed by atoms with Crippen LogP contribution >= 0.6 is 11.3 Å². The molecule has 0 spiro atoms. The first-order chi connectivity index (χ1) is 28.7. The maximum absolute atomic E-state index is 2.61. The van der Waals surface area contributed by atoms with Crippen molar-refractivity contribution < 1.29 is 0 Å². The third-order valence-electron chi connectivity index (χ3n) is 12.7. The molecule has 296 valence electrons. The summed E-state index contributed by atoms with van der Waals surface area (Å²) in [7, 11) is 0. The second kappa shape index (κ2) is 13.9. The van der Waals surface area contributed by atoms with Gasteiger partial charge in [-0.25, -0.2) is 0 Å². The normalized spacial score (nSPS) is 13.7. The molecule has 0 radical (unpaired) electrons. The summed E-state index contributed by atoms with van der Waals surface area (Å²) in [6, 6.07) is 59.7. The van der Waals surface area contributed by atoms with Crippen LogP contribution < -0.4 is 25.5 Å². The van der Waals surface area contributed by atoms with Crippen molar-refractivity contribution in [2.45, 2.75) is 78.6 Å². The predicted molar refractivity (Wildman–Crippen MR) is 263 cm³/mol. The minimum Gasteiger partial charge on any atom is -0.310 e. The van der Waals surface area contributed by atoms with Gasteiger partial charge in [0.2, 0.25) is 0 Å². The molecule has 1 aromatic heterocycles. The molecule has 60 heavy (non-hydrogen) atoms. The molecule has 0 N–H and O–H groups in total. The van der Waals surface area contributed by atoms with Crippen LogP contribution in [0.2, 0.25) is 0 Å². The quantitative estimate of drug-likeness (QED) is 0.164. The van der Waals surface area contributed by atoms with E-state index in [0.717, 1.165) is 0 Å². The van der Waals surface area contributed by atoms with Crippen LogP contribution in [0.4, 0.5) is 34.1 Å². The minimum absolute atomic E-state index is 0.0180. The number of hydrogen-bond acceptors (Lipinski definition) is 3. The maximum atomic E-state index is 2.61. The molecular formula is C56H53BN2S. The Hall–Kier alpha value is -5.84. The molecule has 0 unspecified atom stereocenters. The fraction of sp³-hybridized carbons (Fsp3) is 0.214. The van der Waals surface area contributed by atoms with Crippen molar-refractivity contribution in [3.05, 3.63) is 174 Å². The Balaban J connectivity index is 1.33. The second-order valence-electron chi connectivity index (χ2n) is 19.8. The maximum Gasteiger partial charge on any atom is 0.264 e. The van der Waals surface area contributed by atoms with Gasteiger partial charge in [0.25, 0.3) is 6.71 Å². The lowest BCUT2D eigenvalue weighted by Crippen LogP contribution is -2.60. The van der Waals surface area contributed by atoms with E-state index in [-0.39, 0.29) is 23.0 Å². The van der Waals surface area contributed by atoms with Gasteiger partial charge >= 0.3 is 0 Å². The molecule has 0 amide bonds. The van der Waals surface area contributed by atoms with Crippen LogP contribution in [-0.4, -0.2) is 6.71 Å². The van der Waals surface area contributed by atoms with Crippen molar-refractivity contribution in [1.82, 2.24) is 0 Å². The van der Waals surface area contributed by atoms with Crippen LogP contribution in [-0.2, 0) is 16.2 Å². The Kier molecular flexibility index (Phi) is 8.86. The summed E-state index contributed by atoms with van der Waals surface area (Å²) in [5.74, 6) is 0. The number of hydrogen-bond donors (Lipinski definition) is 0. The largest absolute Gasteiger partial charge is 0.310 e. The zero-order chi connectivity index (χ0) is 41.7. The molecule has 0 atom stereocenters. The predicted octanol–water partition coefficient (Wildman–Crippen LogP) is 14.2. The molecule has 0 saturated carbocycles. The number of rotatable bonds is 4. The third-order valence-corrected chi connectivity index (χ3v) is 14.0. The number of thiophene rings is 1. The Morgan fingerprint density at radius 1 is 0.433 bits per heavy atom. The van der Waals surface area contributed by atoms with Gasteiger partial charge in [0.1, 0.15) is 0 Å². The van der Waals surface area contributed by atoms with Crippen LogP contribution in [0.15, 0.2) is 158 Å². The highest BCUT2D eigenvalue weighted by molar-refractivity contribution is 7.33. The van der Waals surface area contributed by atoms with Gasteiger partial charge in [-0.2, -0.15) is 0 Å². The molecule has 8 aromatic rings. The first-order valence-corrected chi connectivity index (χ1v) is 22.3. The first-order valence-electron chi connectivity index (χ1n) is 21.5. The molecule has 7 aromatic carbocycles. The molecule has 2 aliphatic rings. The van der Waals surface area contributed by atoms with E-state index in [1.54, 1.807) is 0 Å². The Morgan fingerprint density at radius 3 is 1.53 bits per heavy atom. The summed E-state index contributed by atoms with van der Waals surface area (Å²) in [6.45, 7) is 21.0. The standard InChI is InChI=1S/C56H53BN2S/c1-54(2,3)38-26-30-41(31-27-38)58-47-24-17-25-48-50(47)57(53-52(58)44-34-39(55(4,5)6)29-33-49(44)60-53)45-35-40(56(7,8)9)28-32-46(45)59(48)51-42(36-18-12-10-13-19-36)22-16-23-43(51)37-20-14-11-15-21-37/h10-35H,1-9H3. The number of benzene rings is 7. The number of fused-ring (bicyclic) bond motifs is 6. The zero-order valence-corrected chi connectivity index (χ0v) is 37.2. The Morgan fingerprint density at radius 2 is 0.950 bits per heavy atom. The van der Waals surface area contributed by atoms with E-state index < -0.39 is 0 Å². The van der Waals surface area contributed by atoms with E-state index in [0.29, 0.717) is 0 Å². The van der Waals surface area contributed by atoms with E-state index in [4.69, 9.17) is 0 Å². The fourth-order valence-corrected chi connectivity index (χ4v) is 10.8. The minimum atomic E-state index is -0.0308. The zero-order valence-electron chi connectivity index (χ0n) is 36.4. The monoisotopic (exact) mass is 796 g/mol. The van der Waals surface area contributed by atoms with Crippen molar-refractivity contribution in [3.8, 4) is 22.3 Å². The summed E-state index contributed by atoms with van der Waals surface area (Å²) in [5, 5.41) is 1.33. The van der Waals surface area contributed by atoms with Gasteiger partial charge in [0.05, 0.1) is 11.4 Å². The molecule has 10 rings (SSSR count). The lowest BCUT2D eigenvalue weighted by molar-refractivity contribution is 0.590. The fourth-order valence-electron chi connectivity index (χ4n) is 9.46. The molecule has 2 aliphatic heterocycles. The summed E-state index contributed by atoms with van der Waals surface area (Å²) in [4.78, 5) is 5.21. The highest BCUT2D eigenvalue weighted by Crippen LogP contribution is 2.52. The van der Waals surface area contributed by atoms with Crippen LogP contribution in [0.1, 0.15) is 79.0 Å². The van der Waals surface area contributed by atoms with Crippen molar-refractivity contribution in [3.63, 3.8) is 0 Å². The average molecular weight is 797 g/mol. The van der Waals surface area contributed by atoms with Crippen LogP contribution in [0, 0.1) is 0 Å². The molecule has 0 aliphatic carbocycles. The van der Waals surface area contributed by atoms with Crippen LogP contribution in [0.5, 0.6) is 0 Å². The van der Waals surface area contributed by atoms with E-state index in [2.05, 4.69) is 230 Å². The van der Waals surface area contributed by atoms with Crippen LogP contribution in [0.25, 0.3) is 32.3 Å². The molecule has 3 heterocycles. The topological polar surface area (TPSA) is 6.48 Å². The number of para-hydroxylation sites is 1. The van der Waals surface area contributed by atoms with Crippen molar-refractivity contribution in [1.29, 1.82) is 0 Å². The Labute approximate surface area is 361 Å². The van der Waals surface area contributed by atoms with Gasteiger partial charge in [-0.3, -0.25) is 0 Å². The van der Waals surface area contributed by atoms with Gasteiger partial charge in [-0.1, -0.05) is 178 Å². The summed E-state index contributed by atoms with van der Waals surface area (Å²) >= 11 is 1.98. The number of anilines is 6. The van der Waals surface area contributed by atoms with Crippen molar-refractivity contribution in [2.24, 2.45) is 0 Å². The molecule has 0 bridgehead atoms. The highest BCUT2D eigenvalue weighted by atomic mass is 32.1. The Bertz CT molecular complexity index is 2870. The van der Waals surface area contributed by atoms with Crippen molar-refractivity contribution in [2.75, 3.05) is 9.80 Å². The highest BCUT2D eigenvalue weighted by Gasteiger charge is 2.46. The molecule has 0 saturated heterocycles. The first kappa shape index (κ1) is 38.4. The molecule has 4 heteroatoms. The lowest BCUT2D eigenvalue weighted by Gasteiger charge is -2.44. The SMILES string of the molecule is CC(C)(C)c1ccc(N2c3cccc4c3B(c3cc(C(C)(C)C)ccc3N4c3c(-c4ccccc4)cccc3-c3ccccc3)c3sc4ccc(C(C)(C)C)cc4c32)cc1. The van der Waals surface area contributed by atoms with Crippen molar-refractivity contribution >= 4 is 78.0 Å². The van der Waals surface area contributed by atoms with E-state index in [1.165, 1.54) is 98.9 Å².